The number of aromatic nitrogens is 1. The summed E-state index contributed by atoms with van der Waals surface area (Å²) < 4.78 is 2.61. The van der Waals surface area contributed by atoms with Crippen molar-refractivity contribution in [3.8, 4) is 5.69 Å². The Bertz CT molecular complexity index is 1620. The van der Waals surface area contributed by atoms with Gasteiger partial charge in [-0.25, -0.2) is 0 Å². The molecule has 3 aliphatic rings. The SMILES string of the molecule is c1ccc2c(c1)Sc1ccc(-n3c4c(c5ccccc53)CCCC4)c3c1B2c1ccccc1S3. The average molecular weight is 471 g/mol. The molecule has 2 aliphatic heterocycles. The molecule has 1 nitrogen and oxygen atoms in total. The summed E-state index contributed by atoms with van der Waals surface area (Å²) in [6.07, 6.45) is 4.95. The molecular weight excluding hydrogens is 449 g/mol. The average Bonchev–Trinajstić information content (AvgIpc) is 3.23. The molecule has 0 saturated heterocycles. The smallest absolute Gasteiger partial charge is 0.247 e. The quantitative estimate of drug-likeness (QED) is 0.273. The summed E-state index contributed by atoms with van der Waals surface area (Å²) in [5.74, 6) is 0. The molecule has 1 aliphatic carbocycles. The monoisotopic (exact) mass is 471 g/mol. The largest absolute Gasteiger partial charge is 0.312 e. The number of fused-ring (bicyclic) bond motifs is 7. The standard InChI is InChI=1S/C30H22BNS2/c1-5-13-23-19(9-1)20-10-2-6-14-24(20)32(23)25-17-18-28-29-30(25)34-27-16-8-4-12-22(27)31(29)21-11-3-7-15-26(21)33-28/h1,3-5,7-9,11-13,15-18H,2,6,10,14H2. The molecule has 8 rings (SSSR count). The maximum absolute atomic E-state index is 2.61. The van der Waals surface area contributed by atoms with E-state index >= 15 is 0 Å². The molecule has 0 radical (unpaired) electrons. The van der Waals surface area contributed by atoms with Crippen LogP contribution in [0.5, 0.6) is 0 Å². The van der Waals surface area contributed by atoms with Crippen molar-refractivity contribution >= 4 is 57.5 Å². The van der Waals surface area contributed by atoms with E-state index < -0.39 is 0 Å². The van der Waals surface area contributed by atoms with Gasteiger partial charge in [0.05, 0.1) is 11.2 Å². The van der Waals surface area contributed by atoms with Gasteiger partial charge in [-0.15, -0.1) is 0 Å². The lowest BCUT2D eigenvalue weighted by Crippen LogP contribution is -2.58. The molecule has 5 aromatic rings. The van der Waals surface area contributed by atoms with Crippen molar-refractivity contribution < 1.29 is 0 Å². The van der Waals surface area contributed by atoms with E-state index in [4.69, 9.17) is 0 Å². The van der Waals surface area contributed by atoms with Gasteiger partial charge in [0.2, 0.25) is 6.71 Å². The summed E-state index contributed by atoms with van der Waals surface area (Å²) in [7, 11) is 0. The molecule has 1 aromatic heterocycles. The van der Waals surface area contributed by atoms with Crippen molar-refractivity contribution in [2.75, 3.05) is 0 Å². The first-order valence-corrected chi connectivity index (χ1v) is 13.8. The van der Waals surface area contributed by atoms with Gasteiger partial charge in [0.25, 0.3) is 0 Å². The molecule has 3 heterocycles. The second-order valence-corrected chi connectivity index (χ2v) is 11.7. The van der Waals surface area contributed by atoms with Crippen molar-refractivity contribution in [1.29, 1.82) is 0 Å². The molecule has 0 unspecified atom stereocenters. The fourth-order valence-corrected chi connectivity index (χ4v) is 8.81. The van der Waals surface area contributed by atoms with Gasteiger partial charge in [0.1, 0.15) is 0 Å². The normalized spacial score (nSPS) is 15.5. The molecular formula is C30H22BNS2. The van der Waals surface area contributed by atoms with Gasteiger partial charge < -0.3 is 4.57 Å². The number of nitrogens with zero attached hydrogens (tertiary/aromatic N) is 1. The number of hydrogen-bond donors (Lipinski definition) is 0. The van der Waals surface area contributed by atoms with E-state index in [0.29, 0.717) is 6.71 Å². The first-order chi connectivity index (χ1) is 16.9. The van der Waals surface area contributed by atoms with Crippen molar-refractivity contribution in [3.63, 3.8) is 0 Å². The summed E-state index contributed by atoms with van der Waals surface area (Å²) in [5, 5.41) is 1.44. The molecule has 0 saturated carbocycles. The summed E-state index contributed by atoms with van der Waals surface area (Å²) in [5.41, 5.74) is 10.2. The van der Waals surface area contributed by atoms with Gasteiger partial charge in [0, 0.05) is 30.7 Å². The van der Waals surface area contributed by atoms with Crippen molar-refractivity contribution in [2.24, 2.45) is 0 Å². The van der Waals surface area contributed by atoms with Crippen LogP contribution in [0.2, 0.25) is 0 Å². The Morgan fingerprint density at radius 3 is 2.21 bits per heavy atom. The molecule has 0 fully saturated rings. The molecule has 0 spiro atoms. The highest BCUT2D eigenvalue weighted by Gasteiger charge is 2.39. The minimum absolute atomic E-state index is 0.303. The van der Waals surface area contributed by atoms with Crippen LogP contribution in [-0.4, -0.2) is 11.3 Å². The number of aryl methyl sites for hydroxylation is 1. The number of hydrogen-bond acceptors (Lipinski definition) is 2. The van der Waals surface area contributed by atoms with Crippen molar-refractivity contribution in [3.05, 3.63) is 96.2 Å². The molecule has 4 heteroatoms. The minimum atomic E-state index is 0.303. The number of rotatable bonds is 1. The van der Waals surface area contributed by atoms with E-state index in [-0.39, 0.29) is 0 Å². The van der Waals surface area contributed by atoms with Crippen LogP contribution in [0.15, 0.2) is 105 Å². The summed E-state index contributed by atoms with van der Waals surface area (Å²) >= 11 is 3.91. The Morgan fingerprint density at radius 1 is 0.647 bits per heavy atom. The third kappa shape index (κ3) is 2.61. The minimum Gasteiger partial charge on any atom is -0.312 e. The maximum atomic E-state index is 2.61. The summed E-state index contributed by atoms with van der Waals surface area (Å²) in [6.45, 7) is 0.303. The first kappa shape index (κ1) is 19.5. The van der Waals surface area contributed by atoms with Crippen LogP contribution in [0, 0.1) is 0 Å². The van der Waals surface area contributed by atoms with Gasteiger partial charge in [-0.3, -0.25) is 0 Å². The second-order valence-electron chi connectivity index (χ2n) is 9.52. The zero-order chi connectivity index (χ0) is 22.2. The van der Waals surface area contributed by atoms with Crippen LogP contribution in [0.3, 0.4) is 0 Å². The molecule has 0 bridgehead atoms. The summed E-state index contributed by atoms with van der Waals surface area (Å²) in [4.78, 5) is 5.64. The molecule has 4 aromatic carbocycles. The van der Waals surface area contributed by atoms with Gasteiger partial charge >= 0.3 is 0 Å². The molecule has 0 atom stereocenters. The van der Waals surface area contributed by atoms with E-state index in [2.05, 4.69) is 89.5 Å². The van der Waals surface area contributed by atoms with Gasteiger partial charge in [-0.2, -0.15) is 0 Å². The van der Waals surface area contributed by atoms with E-state index in [1.165, 1.54) is 83.9 Å². The summed E-state index contributed by atoms with van der Waals surface area (Å²) in [6, 6.07) is 31.9. The third-order valence-electron chi connectivity index (χ3n) is 7.74. The number of benzene rings is 4. The van der Waals surface area contributed by atoms with E-state index in [1.54, 1.807) is 5.56 Å². The van der Waals surface area contributed by atoms with Crippen LogP contribution >= 0.6 is 23.5 Å². The maximum Gasteiger partial charge on any atom is 0.247 e. The Kier molecular flexibility index (Phi) is 4.21. The van der Waals surface area contributed by atoms with Crippen LogP contribution in [-0.2, 0) is 12.8 Å². The number of para-hydroxylation sites is 1. The lowest BCUT2D eigenvalue weighted by Gasteiger charge is -2.34. The molecule has 34 heavy (non-hydrogen) atoms. The topological polar surface area (TPSA) is 4.93 Å². The lowest BCUT2D eigenvalue weighted by molar-refractivity contribution is 0.665. The van der Waals surface area contributed by atoms with Gasteiger partial charge in [0.15, 0.2) is 0 Å². The van der Waals surface area contributed by atoms with Crippen LogP contribution in [0.25, 0.3) is 16.6 Å². The van der Waals surface area contributed by atoms with Gasteiger partial charge in [-0.1, -0.05) is 89.0 Å². The Labute approximate surface area is 208 Å². The Hall–Kier alpha value is -2.82. The molecule has 162 valence electrons. The predicted octanol–water partition coefficient (Wildman–Crippen LogP) is 5.95. The zero-order valence-corrected chi connectivity index (χ0v) is 20.4. The fraction of sp³-hybridized carbons (Fsp3) is 0.133. The molecule has 0 N–H and O–H groups in total. The van der Waals surface area contributed by atoms with Crippen LogP contribution < -0.4 is 16.4 Å². The second kappa shape index (κ2) is 7.34. The highest BCUT2D eigenvalue weighted by Crippen LogP contribution is 2.43. The fourth-order valence-electron chi connectivity index (χ4n) is 6.32. The highest BCUT2D eigenvalue weighted by atomic mass is 32.2. The Morgan fingerprint density at radius 2 is 1.35 bits per heavy atom. The van der Waals surface area contributed by atoms with Gasteiger partial charge in [-0.05, 0) is 67.0 Å². The lowest BCUT2D eigenvalue weighted by atomic mass is 9.36. The van der Waals surface area contributed by atoms with Crippen LogP contribution in [0.4, 0.5) is 0 Å². The van der Waals surface area contributed by atoms with E-state index in [0.717, 1.165) is 0 Å². The van der Waals surface area contributed by atoms with Crippen molar-refractivity contribution in [2.45, 2.75) is 45.3 Å². The molecule has 0 amide bonds. The van der Waals surface area contributed by atoms with E-state index in [9.17, 15) is 0 Å². The zero-order valence-electron chi connectivity index (χ0n) is 18.8. The predicted molar refractivity (Wildman–Crippen MR) is 146 cm³/mol. The third-order valence-corrected chi connectivity index (χ3v) is 10.1. The van der Waals surface area contributed by atoms with Crippen molar-refractivity contribution in [1.82, 2.24) is 4.57 Å². The first-order valence-electron chi connectivity index (χ1n) is 12.2. The van der Waals surface area contributed by atoms with E-state index in [1.807, 2.05) is 23.5 Å². The van der Waals surface area contributed by atoms with Crippen LogP contribution in [0.1, 0.15) is 24.1 Å². The Balaban J connectivity index is 1.46. The highest BCUT2D eigenvalue weighted by molar-refractivity contribution is 8.01.